The van der Waals surface area contributed by atoms with Crippen molar-refractivity contribution in [3.8, 4) is 0 Å². The molecule has 2 aliphatic rings. The second kappa shape index (κ2) is 7.63. The summed E-state index contributed by atoms with van der Waals surface area (Å²) in [7, 11) is 0. The van der Waals surface area contributed by atoms with E-state index in [4.69, 9.17) is 5.73 Å². The number of benzene rings is 1. The fourth-order valence-electron chi connectivity index (χ4n) is 4.24. The van der Waals surface area contributed by atoms with E-state index in [-0.39, 0.29) is 18.2 Å². The van der Waals surface area contributed by atoms with Crippen LogP contribution in [0.25, 0.3) is 0 Å². The molecule has 0 spiro atoms. The van der Waals surface area contributed by atoms with Gasteiger partial charge in [-0.05, 0) is 55.4 Å². The van der Waals surface area contributed by atoms with Crippen molar-refractivity contribution in [2.24, 2.45) is 17.6 Å². The molecule has 0 saturated carbocycles. The Morgan fingerprint density at radius 1 is 1.28 bits per heavy atom. The summed E-state index contributed by atoms with van der Waals surface area (Å²) >= 11 is 1.45. The van der Waals surface area contributed by atoms with E-state index in [2.05, 4.69) is 12.2 Å². The largest absolute Gasteiger partial charge is 0.365 e. The molecule has 0 radical (unpaired) electrons. The van der Waals surface area contributed by atoms with E-state index in [1.807, 2.05) is 31.2 Å². The monoisotopic (exact) mass is 411 g/mol. The Bertz CT molecular complexity index is 997. The third-order valence-electron chi connectivity index (χ3n) is 5.80. The molecule has 29 heavy (non-hydrogen) atoms. The maximum absolute atomic E-state index is 12.9. The summed E-state index contributed by atoms with van der Waals surface area (Å²) in [5.41, 5.74) is 8.94. The minimum absolute atomic E-state index is 0.0647. The Balaban J connectivity index is 1.53. The number of nitrogens with one attached hydrogen (secondary N) is 1. The molecule has 4 rings (SSSR count). The number of thiophene rings is 1. The van der Waals surface area contributed by atoms with Gasteiger partial charge in [0.25, 0.3) is 5.91 Å². The summed E-state index contributed by atoms with van der Waals surface area (Å²) in [5, 5.41) is 3.44. The van der Waals surface area contributed by atoms with Crippen LogP contribution in [0.3, 0.4) is 0 Å². The molecule has 1 saturated heterocycles. The summed E-state index contributed by atoms with van der Waals surface area (Å²) in [6, 6.07) is 7.70. The molecule has 3 amide bonds. The van der Waals surface area contributed by atoms with Crippen LogP contribution in [0.5, 0.6) is 0 Å². The number of carbonyl (C=O) groups excluding carboxylic acids is 3. The number of hydrogen-bond donors (Lipinski definition) is 2. The van der Waals surface area contributed by atoms with Crippen molar-refractivity contribution in [1.82, 2.24) is 0 Å². The lowest BCUT2D eigenvalue weighted by Crippen LogP contribution is -2.28. The lowest BCUT2D eigenvalue weighted by Gasteiger charge is -2.18. The topological polar surface area (TPSA) is 92.5 Å². The Labute approximate surface area is 174 Å². The maximum Gasteiger partial charge on any atom is 0.251 e. The molecular weight excluding hydrogens is 386 g/mol. The van der Waals surface area contributed by atoms with Crippen molar-refractivity contribution in [3.05, 3.63) is 45.8 Å². The number of fused-ring (bicyclic) bond motifs is 1. The molecule has 1 fully saturated rings. The third-order valence-corrected chi connectivity index (χ3v) is 6.97. The van der Waals surface area contributed by atoms with E-state index >= 15 is 0 Å². The maximum atomic E-state index is 12.9. The lowest BCUT2D eigenvalue weighted by atomic mass is 9.88. The number of carbonyl (C=O) groups is 3. The second-order valence-electron chi connectivity index (χ2n) is 8.15. The van der Waals surface area contributed by atoms with Gasteiger partial charge in [-0.3, -0.25) is 14.4 Å². The normalized spacial score (nSPS) is 21.2. The predicted octanol–water partition coefficient (Wildman–Crippen LogP) is 3.27. The van der Waals surface area contributed by atoms with Gasteiger partial charge in [0, 0.05) is 23.5 Å². The molecule has 2 unspecified atom stereocenters. The van der Waals surface area contributed by atoms with Crippen molar-refractivity contribution in [2.45, 2.75) is 39.5 Å². The van der Waals surface area contributed by atoms with Crippen molar-refractivity contribution in [2.75, 3.05) is 16.8 Å². The van der Waals surface area contributed by atoms with E-state index < -0.39 is 11.8 Å². The molecule has 1 aliphatic carbocycles. The first-order valence-electron chi connectivity index (χ1n) is 9.95. The van der Waals surface area contributed by atoms with Gasteiger partial charge in [0.1, 0.15) is 5.00 Å². The van der Waals surface area contributed by atoms with Crippen LogP contribution in [0.4, 0.5) is 10.7 Å². The lowest BCUT2D eigenvalue weighted by molar-refractivity contribution is -0.122. The average molecular weight is 412 g/mol. The molecule has 1 aliphatic heterocycles. The van der Waals surface area contributed by atoms with E-state index in [0.29, 0.717) is 23.0 Å². The van der Waals surface area contributed by atoms with Crippen LogP contribution in [0.15, 0.2) is 24.3 Å². The highest BCUT2D eigenvalue weighted by molar-refractivity contribution is 7.17. The zero-order chi connectivity index (χ0) is 20.7. The van der Waals surface area contributed by atoms with Crippen LogP contribution >= 0.6 is 11.3 Å². The minimum Gasteiger partial charge on any atom is -0.365 e. The van der Waals surface area contributed by atoms with E-state index in [9.17, 15) is 14.4 Å². The predicted molar refractivity (Wildman–Crippen MR) is 114 cm³/mol. The van der Waals surface area contributed by atoms with Crippen molar-refractivity contribution in [1.29, 1.82) is 0 Å². The Hall–Kier alpha value is -2.67. The second-order valence-corrected chi connectivity index (χ2v) is 9.26. The highest BCUT2D eigenvalue weighted by atomic mass is 32.1. The zero-order valence-electron chi connectivity index (χ0n) is 16.7. The fraction of sp³-hybridized carbons (Fsp3) is 0.409. The van der Waals surface area contributed by atoms with Gasteiger partial charge < -0.3 is 16.0 Å². The van der Waals surface area contributed by atoms with Gasteiger partial charge in [0.15, 0.2) is 0 Å². The Morgan fingerprint density at radius 2 is 2.07 bits per heavy atom. The van der Waals surface area contributed by atoms with Crippen LogP contribution < -0.4 is 16.0 Å². The SMILES string of the molecule is Cc1cccc(N2CC(C(=O)Nc3sc4c(c3C(N)=O)CCC(C)C4)CC2=O)c1. The Kier molecular flexibility index (Phi) is 5.17. The fourth-order valence-corrected chi connectivity index (χ4v) is 5.66. The van der Waals surface area contributed by atoms with Crippen LogP contribution in [0, 0.1) is 18.8 Å². The molecule has 1 aromatic carbocycles. The summed E-state index contributed by atoms with van der Waals surface area (Å²) in [6.45, 7) is 4.50. The molecule has 2 heterocycles. The number of rotatable bonds is 4. The van der Waals surface area contributed by atoms with Crippen LogP contribution in [0.2, 0.25) is 0 Å². The standard InChI is InChI=1S/C22H25N3O3S/c1-12-4-3-5-15(8-12)25-11-14(10-18(25)26)21(28)24-22-19(20(23)27)16-7-6-13(2)9-17(16)29-22/h3-5,8,13-14H,6-7,9-11H2,1-2H3,(H2,23,27)(H,24,28). The van der Waals surface area contributed by atoms with Gasteiger partial charge in [-0.25, -0.2) is 0 Å². The molecular formula is C22H25N3O3S. The number of primary amides is 1. The number of nitrogens with zero attached hydrogens (tertiary/aromatic N) is 1. The summed E-state index contributed by atoms with van der Waals surface area (Å²) in [5.74, 6) is -0.702. The number of amides is 3. The smallest absolute Gasteiger partial charge is 0.251 e. The van der Waals surface area contributed by atoms with Crippen LogP contribution in [-0.4, -0.2) is 24.3 Å². The highest BCUT2D eigenvalue weighted by Crippen LogP contribution is 2.40. The molecule has 152 valence electrons. The first-order valence-corrected chi connectivity index (χ1v) is 10.8. The van der Waals surface area contributed by atoms with E-state index in [0.717, 1.165) is 41.0 Å². The zero-order valence-corrected chi connectivity index (χ0v) is 17.5. The number of aryl methyl sites for hydroxylation is 1. The van der Waals surface area contributed by atoms with Gasteiger partial charge in [-0.15, -0.1) is 11.3 Å². The van der Waals surface area contributed by atoms with Crippen LogP contribution in [0.1, 0.15) is 46.1 Å². The molecule has 2 atom stereocenters. The summed E-state index contributed by atoms with van der Waals surface area (Å²) in [6.07, 6.45) is 2.89. The molecule has 7 heteroatoms. The van der Waals surface area contributed by atoms with E-state index in [1.165, 1.54) is 11.3 Å². The van der Waals surface area contributed by atoms with Gasteiger partial charge in [0.2, 0.25) is 11.8 Å². The number of hydrogen-bond acceptors (Lipinski definition) is 4. The molecule has 6 nitrogen and oxygen atoms in total. The van der Waals surface area contributed by atoms with Crippen molar-refractivity contribution >= 4 is 39.7 Å². The van der Waals surface area contributed by atoms with Crippen molar-refractivity contribution in [3.63, 3.8) is 0 Å². The molecule has 1 aromatic heterocycles. The first kappa shape index (κ1) is 19.6. The minimum atomic E-state index is -0.503. The highest BCUT2D eigenvalue weighted by Gasteiger charge is 2.36. The number of anilines is 2. The Morgan fingerprint density at radius 3 is 2.79 bits per heavy atom. The van der Waals surface area contributed by atoms with Gasteiger partial charge in [-0.1, -0.05) is 19.1 Å². The number of nitrogens with two attached hydrogens (primary N) is 1. The summed E-state index contributed by atoms with van der Waals surface area (Å²) < 4.78 is 0. The van der Waals surface area contributed by atoms with Crippen molar-refractivity contribution < 1.29 is 14.4 Å². The summed E-state index contributed by atoms with van der Waals surface area (Å²) in [4.78, 5) is 40.3. The molecule has 2 aromatic rings. The van der Waals surface area contributed by atoms with Gasteiger partial charge in [0.05, 0.1) is 11.5 Å². The molecule has 0 bridgehead atoms. The quantitative estimate of drug-likeness (QED) is 0.809. The molecule has 3 N–H and O–H groups in total. The first-order chi connectivity index (χ1) is 13.8. The van der Waals surface area contributed by atoms with Gasteiger partial charge in [-0.2, -0.15) is 0 Å². The van der Waals surface area contributed by atoms with E-state index in [1.54, 1.807) is 4.90 Å². The third kappa shape index (κ3) is 3.79. The van der Waals surface area contributed by atoms with Gasteiger partial charge >= 0.3 is 0 Å². The average Bonchev–Trinajstić information content (AvgIpc) is 3.21. The van der Waals surface area contributed by atoms with Crippen LogP contribution in [-0.2, 0) is 22.4 Å².